The molecule has 0 N–H and O–H groups in total. The molecule has 7 heteroatoms. The van der Waals surface area contributed by atoms with Crippen molar-refractivity contribution >= 4 is 11.9 Å². The third kappa shape index (κ3) is 5.57. The largest absolute Gasteiger partial charge is 0.487 e. The molecule has 154 valence electrons. The van der Waals surface area contributed by atoms with Gasteiger partial charge in [0.2, 0.25) is 0 Å². The van der Waals surface area contributed by atoms with Crippen molar-refractivity contribution in [3.63, 3.8) is 0 Å². The van der Waals surface area contributed by atoms with Crippen molar-refractivity contribution in [3.8, 4) is 11.5 Å². The number of carbonyl (C=O) groups is 2. The molecule has 0 unspecified atom stereocenters. The van der Waals surface area contributed by atoms with Crippen LogP contribution >= 0.6 is 0 Å². The summed E-state index contributed by atoms with van der Waals surface area (Å²) in [7, 11) is 2.68. The van der Waals surface area contributed by atoms with Gasteiger partial charge in [-0.05, 0) is 60.7 Å². The standard InChI is InChI=1S/C23H21NO6/c1-27-22(25)16-6-10-20(11-7-16)29-14-18-4-3-5-19(24-18)15-30-21-12-8-17(9-13-21)23(26)28-2/h3-13H,14-15H2,1-2H3. The highest BCUT2D eigenvalue weighted by atomic mass is 16.5. The summed E-state index contributed by atoms with van der Waals surface area (Å²) in [6.07, 6.45) is 0. The molecule has 1 aromatic heterocycles. The molecular weight excluding hydrogens is 386 g/mol. The third-order valence-electron chi connectivity index (χ3n) is 4.19. The monoisotopic (exact) mass is 407 g/mol. The fourth-order valence-electron chi connectivity index (χ4n) is 2.61. The van der Waals surface area contributed by atoms with E-state index in [0.717, 1.165) is 11.4 Å². The maximum Gasteiger partial charge on any atom is 0.337 e. The van der Waals surface area contributed by atoms with Gasteiger partial charge in [-0.3, -0.25) is 4.98 Å². The zero-order chi connectivity index (χ0) is 21.3. The van der Waals surface area contributed by atoms with Gasteiger partial charge < -0.3 is 18.9 Å². The number of benzene rings is 2. The molecule has 0 aliphatic carbocycles. The molecule has 3 aromatic rings. The average molecular weight is 407 g/mol. The second kappa shape index (κ2) is 10.1. The Hall–Kier alpha value is -3.87. The average Bonchev–Trinajstić information content (AvgIpc) is 2.81. The SMILES string of the molecule is COC(=O)c1ccc(OCc2cccc(COc3ccc(C(=O)OC)cc3)n2)cc1. The van der Waals surface area contributed by atoms with Crippen molar-refractivity contribution < 1.29 is 28.5 Å². The Bertz CT molecular complexity index is 920. The van der Waals surface area contributed by atoms with Crippen molar-refractivity contribution in [2.75, 3.05) is 14.2 Å². The van der Waals surface area contributed by atoms with Crippen LogP contribution in [0.5, 0.6) is 11.5 Å². The van der Waals surface area contributed by atoms with Crippen LogP contribution in [0.25, 0.3) is 0 Å². The highest BCUT2D eigenvalue weighted by molar-refractivity contribution is 5.89. The Morgan fingerprint density at radius 1 is 0.667 bits per heavy atom. The van der Waals surface area contributed by atoms with Gasteiger partial charge in [0.15, 0.2) is 0 Å². The Morgan fingerprint density at radius 3 is 1.43 bits per heavy atom. The Balaban J connectivity index is 1.54. The second-order valence-electron chi connectivity index (χ2n) is 6.23. The number of hydrogen-bond acceptors (Lipinski definition) is 7. The lowest BCUT2D eigenvalue weighted by Gasteiger charge is -2.09. The van der Waals surface area contributed by atoms with Gasteiger partial charge in [-0.1, -0.05) is 6.07 Å². The number of rotatable bonds is 8. The van der Waals surface area contributed by atoms with E-state index in [1.807, 2.05) is 18.2 Å². The fourth-order valence-corrected chi connectivity index (χ4v) is 2.61. The van der Waals surface area contributed by atoms with Crippen LogP contribution in [0.2, 0.25) is 0 Å². The lowest BCUT2D eigenvalue weighted by molar-refractivity contribution is 0.0591. The van der Waals surface area contributed by atoms with E-state index in [1.54, 1.807) is 48.5 Å². The first-order valence-corrected chi connectivity index (χ1v) is 9.16. The summed E-state index contributed by atoms with van der Waals surface area (Å²) in [5.41, 5.74) is 2.41. The van der Waals surface area contributed by atoms with E-state index in [-0.39, 0.29) is 13.2 Å². The Labute approximate surface area is 174 Å². The van der Waals surface area contributed by atoms with Crippen LogP contribution in [0.15, 0.2) is 66.7 Å². The molecule has 0 fully saturated rings. The first-order chi connectivity index (χ1) is 14.6. The van der Waals surface area contributed by atoms with Crippen LogP contribution in [0.3, 0.4) is 0 Å². The van der Waals surface area contributed by atoms with E-state index in [1.165, 1.54) is 14.2 Å². The zero-order valence-electron chi connectivity index (χ0n) is 16.7. The molecule has 0 saturated heterocycles. The van der Waals surface area contributed by atoms with Crippen LogP contribution in [-0.2, 0) is 22.7 Å². The number of ether oxygens (including phenoxy) is 4. The van der Waals surface area contributed by atoms with E-state index in [2.05, 4.69) is 14.5 Å². The molecule has 0 aliphatic rings. The number of methoxy groups -OCH3 is 2. The third-order valence-corrected chi connectivity index (χ3v) is 4.19. The maximum atomic E-state index is 11.5. The van der Waals surface area contributed by atoms with E-state index in [4.69, 9.17) is 9.47 Å². The quantitative estimate of drug-likeness (QED) is 0.525. The minimum atomic E-state index is -0.393. The molecule has 2 aromatic carbocycles. The van der Waals surface area contributed by atoms with E-state index < -0.39 is 11.9 Å². The fraction of sp³-hybridized carbons (Fsp3) is 0.174. The predicted octanol–water partition coefficient (Wildman–Crippen LogP) is 3.81. The number of aromatic nitrogens is 1. The second-order valence-corrected chi connectivity index (χ2v) is 6.23. The summed E-state index contributed by atoms with van der Waals surface area (Å²) in [4.78, 5) is 27.4. The molecule has 3 rings (SSSR count). The number of pyridine rings is 1. The number of hydrogen-bond donors (Lipinski definition) is 0. The van der Waals surface area contributed by atoms with Crippen molar-refractivity contribution in [2.24, 2.45) is 0 Å². The van der Waals surface area contributed by atoms with Crippen molar-refractivity contribution in [1.29, 1.82) is 0 Å². The molecule has 0 aliphatic heterocycles. The Morgan fingerprint density at radius 2 is 1.07 bits per heavy atom. The van der Waals surface area contributed by atoms with Gasteiger partial charge in [0.1, 0.15) is 24.7 Å². The predicted molar refractivity (Wildman–Crippen MR) is 108 cm³/mol. The van der Waals surface area contributed by atoms with Gasteiger partial charge in [0, 0.05) is 0 Å². The highest BCUT2D eigenvalue weighted by Gasteiger charge is 2.07. The molecule has 7 nitrogen and oxygen atoms in total. The zero-order valence-corrected chi connectivity index (χ0v) is 16.7. The van der Waals surface area contributed by atoms with Crippen LogP contribution < -0.4 is 9.47 Å². The van der Waals surface area contributed by atoms with Gasteiger partial charge in [-0.25, -0.2) is 9.59 Å². The number of nitrogens with zero attached hydrogens (tertiary/aromatic N) is 1. The van der Waals surface area contributed by atoms with E-state index >= 15 is 0 Å². The van der Waals surface area contributed by atoms with Gasteiger partial charge >= 0.3 is 11.9 Å². The molecule has 0 atom stereocenters. The van der Waals surface area contributed by atoms with E-state index in [0.29, 0.717) is 22.6 Å². The summed E-state index contributed by atoms with van der Waals surface area (Å²) in [6, 6.07) is 19.0. The molecule has 1 heterocycles. The summed E-state index contributed by atoms with van der Waals surface area (Å²) in [5.74, 6) is 0.459. The molecule has 0 radical (unpaired) electrons. The minimum absolute atomic E-state index is 0.277. The first kappa shape index (κ1) is 20.9. The van der Waals surface area contributed by atoms with Gasteiger partial charge in [-0.2, -0.15) is 0 Å². The summed E-state index contributed by atoms with van der Waals surface area (Å²) < 4.78 is 20.8. The van der Waals surface area contributed by atoms with Crippen LogP contribution in [0, 0.1) is 0 Å². The maximum absolute atomic E-state index is 11.5. The van der Waals surface area contributed by atoms with Crippen molar-refractivity contribution in [1.82, 2.24) is 4.98 Å². The van der Waals surface area contributed by atoms with Gasteiger partial charge in [0.05, 0.1) is 36.7 Å². The molecule has 0 spiro atoms. The van der Waals surface area contributed by atoms with Crippen molar-refractivity contribution in [2.45, 2.75) is 13.2 Å². The molecular formula is C23H21NO6. The molecule has 30 heavy (non-hydrogen) atoms. The molecule has 0 amide bonds. The summed E-state index contributed by atoms with van der Waals surface area (Å²) in [5, 5.41) is 0. The highest BCUT2D eigenvalue weighted by Crippen LogP contribution is 2.16. The minimum Gasteiger partial charge on any atom is -0.487 e. The molecule has 0 saturated carbocycles. The first-order valence-electron chi connectivity index (χ1n) is 9.16. The van der Waals surface area contributed by atoms with Crippen LogP contribution in [0.4, 0.5) is 0 Å². The van der Waals surface area contributed by atoms with Crippen molar-refractivity contribution in [3.05, 3.63) is 89.2 Å². The lowest BCUT2D eigenvalue weighted by atomic mass is 10.2. The topological polar surface area (TPSA) is 84.0 Å². The lowest BCUT2D eigenvalue weighted by Crippen LogP contribution is -2.04. The number of carbonyl (C=O) groups excluding carboxylic acids is 2. The Kier molecular flexibility index (Phi) is 7.00. The summed E-state index contributed by atoms with van der Waals surface area (Å²) >= 11 is 0. The van der Waals surface area contributed by atoms with Gasteiger partial charge in [0.25, 0.3) is 0 Å². The summed E-state index contributed by atoms with van der Waals surface area (Å²) in [6.45, 7) is 0.554. The normalized spacial score (nSPS) is 10.2. The molecule has 0 bridgehead atoms. The smallest absolute Gasteiger partial charge is 0.337 e. The van der Waals surface area contributed by atoms with Crippen LogP contribution in [0.1, 0.15) is 32.1 Å². The van der Waals surface area contributed by atoms with Gasteiger partial charge in [-0.15, -0.1) is 0 Å². The van der Waals surface area contributed by atoms with Crippen LogP contribution in [-0.4, -0.2) is 31.1 Å². The van der Waals surface area contributed by atoms with E-state index in [9.17, 15) is 9.59 Å². The number of esters is 2.